The lowest BCUT2D eigenvalue weighted by molar-refractivity contribution is -0.132. The van der Waals surface area contributed by atoms with Crippen LogP contribution in [0.15, 0.2) is 42.5 Å². The van der Waals surface area contributed by atoms with Crippen molar-refractivity contribution in [2.45, 2.75) is 0 Å². The first kappa shape index (κ1) is 15.7. The first-order valence-electron chi connectivity index (χ1n) is 6.24. The van der Waals surface area contributed by atoms with Crippen LogP contribution >= 0.6 is 11.6 Å². The number of methoxy groups -OCH3 is 1. The molecule has 6 nitrogen and oxygen atoms in total. The number of nitrogens with one attached hydrogen (secondary N) is 2. The number of amides is 2. The van der Waals surface area contributed by atoms with Crippen LogP contribution < -0.4 is 15.4 Å². The van der Waals surface area contributed by atoms with Crippen LogP contribution in [0.5, 0.6) is 11.5 Å². The predicted octanol–water partition coefficient (Wildman–Crippen LogP) is 2.63. The van der Waals surface area contributed by atoms with Crippen molar-refractivity contribution >= 4 is 34.8 Å². The normalized spacial score (nSPS) is 9.91. The molecule has 0 aliphatic heterocycles. The monoisotopic (exact) mass is 320 g/mol. The summed E-state index contributed by atoms with van der Waals surface area (Å²) in [5.41, 5.74) is 0.766. The van der Waals surface area contributed by atoms with Crippen molar-refractivity contribution < 1.29 is 19.4 Å². The Kier molecular flexibility index (Phi) is 4.85. The van der Waals surface area contributed by atoms with Gasteiger partial charge in [0.15, 0.2) is 0 Å². The van der Waals surface area contributed by atoms with Crippen molar-refractivity contribution in [3.05, 3.63) is 47.5 Å². The largest absolute Gasteiger partial charge is 0.508 e. The highest BCUT2D eigenvalue weighted by Crippen LogP contribution is 2.27. The number of carbonyl (C=O) groups is 2. The third-order valence-corrected chi connectivity index (χ3v) is 3.04. The van der Waals surface area contributed by atoms with Gasteiger partial charge < -0.3 is 20.5 Å². The van der Waals surface area contributed by atoms with E-state index in [1.165, 1.54) is 37.4 Å². The number of rotatable bonds is 3. The van der Waals surface area contributed by atoms with Crippen LogP contribution in [0.25, 0.3) is 0 Å². The summed E-state index contributed by atoms with van der Waals surface area (Å²) in [6, 6.07) is 10.4. The summed E-state index contributed by atoms with van der Waals surface area (Å²) in [6.07, 6.45) is 0. The van der Waals surface area contributed by atoms with Gasteiger partial charge in [-0.15, -0.1) is 0 Å². The lowest BCUT2D eigenvalue weighted by Crippen LogP contribution is -2.29. The molecule has 0 aromatic heterocycles. The Balaban J connectivity index is 2.00. The zero-order chi connectivity index (χ0) is 16.1. The standard InChI is InChI=1S/C15H13ClN2O4/c1-22-13-7-4-10(8-12(13)16)18-15(21)14(20)17-9-2-5-11(19)6-3-9/h2-8,19H,1H3,(H,17,20)(H,18,21). The van der Waals surface area contributed by atoms with E-state index in [2.05, 4.69) is 10.6 Å². The van der Waals surface area contributed by atoms with E-state index in [1.54, 1.807) is 12.1 Å². The molecule has 3 N–H and O–H groups in total. The zero-order valence-electron chi connectivity index (χ0n) is 11.6. The number of carbonyl (C=O) groups excluding carboxylic acids is 2. The Hall–Kier alpha value is -2.73. The van der Waals surface area contributed by atoms with Crippen LogP contribution in [0, 0.1) is 0 Å². The van der Waals surface area contributed by atoms with Crippen LogP contribution in [0.1, 0.15) is 0 Å². The molecule has 0 radical (unpaired) electrons. The molecular weight excluding hydrogens is 308 g/mol. The first-order valence-corrected chi connectivity index (χ1v) is 6.62. The summed E-state index contributed by atoms with van der Waals surface area (Å²) in [5.74, 6) is -1.14. The molecule has 0 atom stereocenters. The van der Waals surface area contributed by atoms with Gasteiger partial charge in [0, 0.05) is 11.4 Å². The number of anilines is 2. The van der Waals surface area contributed by atoms with Gasteiger partial charge in [-0.25, -0.2) is 0 Å². The second-order valence-corrected chi connectivity index (χ2v) is 4.71. The van der Waals surface area contributed by atoms with Gasteiger partial charge in [-0.05, 0) is 42.5 Å². The van der Waals surface area contributed by atoms with Crippen LogP contribution in [-0.4, -0.2) is 24.0 Å². The molecule has 0 aliphatic rings. The van der Waals surface area contributed by atoms with E-state index < -0.39 is 11.8 Å². The SMILES string of the molecule is COc1ccc(NC(=O)C(=O)Nc2ccc(O)cc2)cc1Cl. The highest BCUT2D eigenvalue weighted by molar-refractivity contribution is 6.43. The fraction of sp³-hybridized carbons (Fsp3) is 0.0667. The van der Waals surface area contributed by atoms with Crippen LogP contribution in [0.3, 0.4) is 0 Å². The summed E-state index contributed by atoms with van der Waals surface area (Å²) in [6.45, 7) is 0. The van der Waals surface area contributed by atoms with E-state index in [0.29, 0.717) is 22.1 Å². The molecule has 0 bridgehead atoms. The number of hydrogen-bond acceptors (Lipinski definition) is 4. The van der Waals surface area contributed by atoms with Crippen LogP contribution in [0.4, 0.5) is 11.4 Å². The number of aromatic hydroxyl groups is 1. The molecule has 0 spiro atoms. The van der Waals surface area contributed by atoms with Gasteiger partial charge >= 0.3 is 11.8 Å². The van der Waals surface area contributed by atoms with Gasteiger partial charge in [-0.1, -0.05) is 11.6 Å². The Morgan fingerprint density at radius 1 is 1.00 bits per heavy atom. The smallest absolute Gasteiger partial charge is 0.314 e. The van der Waals surface area contributed by atoms with E-state index in [9.17, 15) is 9.59 Å². The summed E-state index contributed by atoms with van der Waals surface area (Å²) < 4.78 is 5.00. The van der Waals surface area contributed by atoms with Crippen molar-refractivity contribution in [2.24, 2.45) is 0 Å². The van der Waals surface area contributed by atoms with Crippen LogP contribution in [0.2, 0.25) is 5.02 Å². The maximum Gasteiger partial charge on any atom is 0.314 e. The topological polar surface area (TPSA) is 87.7 Å². The molecule has 2 aromatic rings. The molecule has 7 heteroatoms. The molecular formula is C15H13ClN2O4. The van der Waals surface area contributed by atoms with E-state index in [1.807, 2.05) is 0 Å². The molecule has 22 heavy (non-hydrogen) atoms. The third kappa shape index (κ3) is 3.89. The van der Waals surface area contributed by atoms with Crippen molar-refractivity contribution in [1.82, 2.24) is 0 Å². The van der Waals surface area contributed by atoms with Gasteiger partial charge in [0.05, 0.1) is 12.1 Å². The summed E-state index contributed by atoms with van der Waals surface area (Å²) in [4.78, 5) is 23.6. The van der Waals surface area contributed by atoms with Gasteiger partial charge in [-0.2, -0.15) is 0 Å². The molecule has 0 saturated heterocycles. The first-order chi connectivity index (χ1) is 10.5. The van der Waals surface area contributed by atoms with Crippen molar-refractivity contribution in [2.75, 3.05) is 17.7 Å². The van der Waals surface area contributed by atoms with Gasteiger partial charge in [0.1, 0.15) is 11.5 Å². The van der Waals surface area contributed by atoms with Gasteiger partial charge in [-0.3, -0.25) is 9.59 Å². The second-order valence-electron chi connectivity index (χ2n) is 4.30. The fourth-order valence-electron chi connectivity index (χ4n) is 1.66. The quantitative estimate of drug-likeness (QED) is 0.599. The van der Waals surface area contributed by atoms with E-state index in [-0.39, 0.29) is 5.75 Å². The minimum absolute atomic E-state index is 0.0651. The molecule has 2 rings (SSSR count). The van der Waals surface area contributed by atoms with E-state index in [4.69, 9.17) is 21.4 Å². The average Bonchev–Trinajstić information content (AvgIpc) is 2.49. The van der Waals surface area contributed by atoms with Gasteiger partial charge in [0.2, 0.25) is 0 Å². The zero-order valence-corrected chi connectivity index (χ0v) is 12.3. The van der Waals surface area contributed by atoms with E-state index >= 15 is 0 Å². The summed E-state index contributed by atoms with van der Waals surface area (Å²) in [5, 5.41) is 14.3. The minimum Gasteiger partial charge on any atom is -0.508 e. The average molecular weight is 321 g/mol. The molecule has 2 aromatic carbocycles. The molecule has 0 fully saturated rings. The minimum atomic E-state index is -0.839. The number of ether oxygens (including phenoxy) is 1. The highest BCUT2D eigenvalue weighted by atomic mass is 35.5. The van der Waals surface area contributed by atoms with Crippen molar-refractivity contribution in [1.29, 1.82) is 0 Å². The van der Waals surface area contributed by atoms with Crippen LogP contribution in [-0.2, 0) is 9.59 Å². The maximum absolute atomic E-state index is 11.8. The molecule has 0 heterocycles. The highest BCUT2D eigenvalue weighted by Gasteiger charge is 2.14. The van der Waals surface area contributed by atoms with Gasteiger partial charge in [0.25, 0.3) is 0 Å². The number of hydrogen-bond donors (Lipinski definition) is 3. The molecule has 114 valence electrons. The van der Waals surface area contributed by atoms with Crippen molar-refractivity contribution in [3.8, 4) is 11.5 Å². The third-order valence-electron chi connectivity index (χ3n) is 2.74. The number of halogens is 1. The molecule has 0 aliphatic carbocycles. The Morgan fingerprint density at radius 3 is 2.09 bits per heavy atom. The summed E-state index contributed by atoms with van der Waals surface area (Å²) in [7, 11) is 1.48. The number of phenolic OH excluding ortho intramolecular Hbond substituents is 1. The lowest BCUT2D eigenvalue weighted by atomic mass is 10.3. The molecule has 0 unspecified atom stereocenters. The Morgan fingerprint density at radius 2 is 1.55 bits per heavy atom. The molecule has 0 saturated carbocycles. The summed E-state index contributed by atoms with van der Waals surface area (Å²) >= 11 is 5.94. The van der Waals surface area contributed by atoms with E-state index in [0.717, 1.165) is 0 Å². The number of benzene rings is 2. The molecule has 2 amide bonds. The number of phenols is 1. The van der Waals surface area contributed by atoms with Crippen molar-refractivity contribution in [3.63, 3.8) is 0 Å². The Bertz CT molecular complexity index is 701. The predicted molar refractivity (Wildman–Crippen MR) is 83.4 cm³/mol. The Labute approximate surface area is 131 Å². The fourth-order valence-corrected chi connectivity index (χ4v) is 1.92. The lowest BCUT2D eigenvalue weighted by Gasteiger charge is -2.08. The second kappa shape index (κ2) is 6.82. The maximum atomic E-state index is 11.8.